The monoisotopic (exact) mass is 312 g/mol. The number of nitrogens with one attached hydrogen (secondary N) is 1. The van der Waals surface area contributed by atoms with Crippen molar-refractivity contribution in [3.8, 4) is 5.75 Å². The predicted molar refractivity (Wildman–Crippen MR) is 86.2 cm³/mol. The lowest BCUT2D eigenvalue weighted by molar-refractivity contribution is 0.0374. The highest BCUT2D eigenvalue weighted by atomic mass is 35.5. The molecular formula is C16H25ClN2O2. The van der Waals surface area contributed by atoms with Crippen LogP contribution in [0.5, 0.6) is 5.75 Å². The second-order valence-electron chi connectivity index (χ2n) is 5.17. The molecule has 1 aromatic carbocycles. The van der Waals surface area contributed by atoms with Crippen molar-refractivity contribution in [1.29, 1.82) is 0 Å². The number of rotatable bonds is 8. The van der Waals surface area contributed by atoms with Gasteiger partial charge in [0.2, 0.25) is 0 Å². The summed E-state index contributed by atoms with van der Waals surface area (Å²) in [6.07, 6.45) is 1.14. The molecular weight excluding hydrogens is 288 g/mol. The van der Waals surface area contributed by atoms with Crippen molar-refractivity contribution in [3.63, 3.8) is 0 Å². The summed E-state index contributed by atoms with van der Waals surface area (Å²) in [4.78, 5) is 2.45. The molecule has 4 nitrogen and oxygen atoms in total. The van der Waals surface area contributed by atoms with Crippen LogP contribution in [0.3, 0.4) is 0 Å². The summed E-state index contributed by atoms with van der Waals surface area (Å²) in [6.45, 7) is 9.44. The molecule has 0 unspecified atom stereocenters. The first kappa shape index (κ1) is 16.6. The van der Waals surface area contributed by atoms with Gasteiger partial charge in [-0.05, 0) is 44.6 Å². The first-order chi connectivity index (χ1) is 10.3. The summed E-state index contributed by atoms with van der Waals surface area (Å²) >= 11 is 6.06. The van der Waals surface area contributed by atoms with Crippen LogP contribution in [-0.2, 0) is 11.3 Å². The standard InChI is InChI=1S/C16H25ClN2O2/c1-2-21-16-5-4-15(17)12-14(16)13-18-6-3-7-19-8-10-20-11-9-19/h4-5,12,18H,2-3,6-11,13H2,1H3. The summed E-state index contributed by atoms with van der Waals surface area (Å²) in [5, 5.41) is 4.22. The van der Waals surface area contributed by atoms with Crippen molar-refractivity contribution in [1.82, 2.24) is 10.2 Å². The molecule has 0 bridgehead atoms. The fourth-order valence-electron chi connectivity index (χ4n) is 2.46. The van der Waals surface area contributed by atoms with Crippen molar-refractivity contribution < 1.29 is 9.47 Å². The Bertz CT molecular complexity index is 423. The maximum Gasteiger partial charge on any atom is 0.123 e. The quantitative estimate of drug-likeness (QED) is 0.748. The van der Waals surface area contributed by atoms with Gasteiger partial charge in [-0.25, -0.2) is 0 Å². The number of hydrogen-bond acceptors (Lipinski definition) is 4. The topological polar surface area (TPSA) is 33.7 Å². The molecule has 0 saturated carbocycles. The minimum absolute atomic E-state index is 0.672. The molecule has 0 aliphatic carbocycles. The average molecular weight is 313 g/mol. The molecule has 2 rings (SSSR count). The summed E-state index contributed by atoms with van der Waals surface area (Å²) in [6, 6.07) is 5.78. The number of benzene rings is 1. The van der Waals surface area contributed by atoms with Gasteiger partial charge in [0, 0.05) is 30.2 Å². The summed E-state index contributed by atoms with van der Waals surface area (Å²) in [5.41, 5.74) is 1.12. The Hall–Kier alpha value is -0.810. The predicted octanol–water partition coefficient (Wildman–Crippen LogP) is 2.55. The molecule has 1 aromatic rings. The first-order valence-corrected chi connectivity index (χ1v) is 8.09. The second kappa shape index (κ2) is 9.26. The number of halogens is 1. The molecule has 1 fully saturated rings. The van der Waals surface area contributed by atoms with Crippen molar-refractivity contribution in [2.75, 3.05) is 46.0 Å². The summed E-state index contributed by atoms with van der Waals surface area (Å²) < 4.78 is 11.0. The molecule has 21 heavy (non-hydrogen) atoms. The van der Waals surface area contributed by atoms with E-state index in [0.29, 0.717) is 6.61 Å². The van der Waals surface area contributed by atoms with Gasteiger partial charge >= 0.3 is 0 Å². The van der Waals surface area contributed by atoms with E-state index in [9.17, 15) is 0 Å². The Kier molecular flexibility index (Phi) is 7.30. The van der Waals surface area contributed by atoms with E-state index in [4.69, 9.17) is 21.1 Å². The zero-order valence-electron chi connectivity index (χ0n) is 12.7. The largest absolute Gasteiger partial charge is 0.494 e. The van der Waals surface area contributed by atoms with Crippen LogP contribution < -0.4 is 10.1 Å². The van der Waals surface area contributed by atoms with E-state index in [2.05, 4.69) is 10.2 Å². The lowest BCUT2D eigenvalue weighted by atomic mass is 10.2. The molecule has 0 aromatic heterocycles. The van der Waals surface area contributed by atoms with Crippen molar-refractivity contribution >= 4 is 11.6 Å². The van der Waals surface area contributed by atoms with Crippen molar-refractivity contribution in [2.45, 2.75) is 19.9 Å². The van der Waals surface area contributed by atoms with Gasteiger partial charge in [0.05, 0.1) is 19.8 Å². The molecule has 1 aliphatic heterocycles. The molecule has 0 spiro atoms. The zero-order valence-corrected chi connectivity index (χ0v) is 13.5. The molecule has 118 valence electrons. The molecule has 1 aliphatic rings. The minimum Gasteiger partial charge on any atom is -0.494 e. The van der Waals surface area contributed by atoms with E-state index in [1.165, 1.54) is 0 Å². The van der Waals surface area contributed by atoms with Gasteiger partial charge in [-0.1, -0.05) is 11.6 Å². The van der Waals surface area contributed by atoms with E-state index in [0.717, 1.165) is 68.7 Å². The van der Waals surface area contributed by atoms with Gasteiger partial charge in [0.15, 0.2) is 0 Å². The second-order valence-corrected chi connectivity index (χ2v) is 5.61. The highest BCUT2D eigenvalue weighted by Gasteiger charge is 2.09. The van der Waals surface area contributed by atoms with Crippen LogP contribution in [-0.4, -0.2) is 50.9 Å². The highest BCUT2D eigenvalue weighted by molar-refractivity contribution is 6.30. The Balaban J connectivity index is 1.69. The van der Waals surface area contributed by atoms with Crippen LogP contribution >= 0.6 is 11.6 Å². The lowest BCUT2D eigenvalue weighted by Crippen LogP contribution is -2.37. The normalized spacial score (nSPS) is 16.1. The highest BCUT2D eigenvalue weighted by Crippen LogP contribution is 2.22. The summed E-state index contributed by atoms with van der Waals surface area (Å²) in [5.74, 6) is 0.919. The van der Waals surface area contributed by atoms with E-state index in [1.54, 1.807) is 0 Å². The van der Waals surface area contributed by atoms with Gasteiger partial charge in [0.1, 0.15) is 5.75 Å². The van der Waals surface area contributed by atoms with Crippen LogP contribution in [0.2, 0.25) is 5.02 Å². The van der Waals surface area contributed by atoms with Crippen molar-refractivity contribution in [2.24, 2.45) is 0 Å². The van der Waals surface area contributed by atoms with Crippen LogP contribution in [0.15, 0.2) is 18.2 Å². The zero-order chi connectivity index (χ0) is 14.9. The maximum absolute atomic E-state index is 6.06. The molecule has 0 radical (unpaired) electrons. The Morgan fingerprint density at radius 2 is 2.14 bits per heavy atom. The average Bonchev–Trinajstić information content (AvgIpc) is 2.51. The van der Waals surface area contributed by atoms with E-state index in [-0.39, 0.29) is 0 Å². The van der Waals surface area contributed by atoms with Gasteiger partial charge in [-0.2, -0.15) is 0 Å². The molecule has 1 heterocycles. The summed E-state index contributed by atoms with van der Waals surface area (Å²) in [7, 11) is 0. The fraction of sp³-hybridized carbons (Fsp3) is 0.625. The Labute approximate surface area is 132 Å². The number of nitrogens with zero attached hydrogens (tertiary/aromatic N) is 1. The molecule has 0 amide bonds. The van der Waals surface area contributed by atoms with Gasteiger partial charge in [0.25, 0.3) is 0 Å². The van der Waals surface area contributed by atoms with Crippen LogP contribution in [0.1, 0.15) is 18.9 Å². The number of morpholine rings is 1. The lowest BCUT2D eigenvalue weighted by Gasteiger charge is -2.26. The minimum atomic E-state index is 0.672. The van der Waals surface area contributed by atoms with Crippen LogP contribution in [0, 0.1) is 0 Å². The van der Waals surface area contributed by atoms with Crippen molar-refractivity contribution in [3.05, 3.63) is 28.8 Å². The van der Waals surface area contributed by atoms with Crippen LogP contribution in [0.25, 0.3) is 0 Å². The first-order valence-electron chi connectivity index (χ1n) is 7.71. The van der Waals surface area contributed by atoms with E-state index < -0.39 is 0 Å². The van der Waals surface area contributed by atoms with E-state index in [1.807, 2.05) is 25.1 Å². The number of hydrogen-bond donors (Lipinski definition) is 1. The fourth-order valence-corrected chi connectivity index (χ4v) is 2.65. The van der Waals surface area contributed by atoms with Gasteiger partial charge < -0.3 is 14.8 Å². The molecule has 1 N–H and O–H groups in total. The Morgan fingerprint density at radius 1 is 1.33 bits per heavy atom. The third kappa shape index (κ3) is 5.83. The van der Waals surface area contributed by atoms with Gasteiger partial charge in [-0.15, -0.1) is 0 Å². The molecule has 5 heteroatoms. The molecule has 1 saturated heterocycles. The third-order valence-electron chi connectivity index (χ3n) is 3.57. The molecule has 0 atom stereocenters. The number of ether oxygens (including phenoxy) is 2. The SMILES string of the molecule is CCOc1ccc(Cl)cc1CNCCCN1CCOCC1. The van der Waals surface area contributed by atoms with E-state index >= 15 is 0 Å². The smallest absolute Gasteiger partial charge is 0.123 e. The van der Waals surface area contributed by atoms with Crippen LogP contribution in [0.4, 0.5) is 0 Å². The van der Waals surface area contributed by atoms with Gasteiger partial charge in [-0.3, -0.25) is 4.90 Å². The Morgan fingerprint density at radius 3 is 2.90 bits per heavy atom. The maximum atomic E-state index is 6.06. The third-order valence-corrected chi connectivity index (χ3v) is 3.80.